The molecule has 0 heterocycles. The lowest BCUT2D eigenvalue weighted by atomic mass is 10.1. The highest BCUT2D eigenvalue weighted by molar-refractivity contribution is 7.99. The Morgan fingerprint density at radius 2 is 1.70 bits per heavy atom. The van der Waals surface area contributed by atoms with Gasteiger partial charge >= 0.3 is 0 Å². The van der Waals surface area contributed by atoms with Gasteiger partial charge in [0.25, 0.3) is 0 Å². The van der Waals surface area contributed by atoms with Crippen LogP contribution in [0.15, 0.2) is 48.5 Å². The highest BCUT2D eigenvalue weighted by Gasteiger charge is 2.30. The van der Waals surface area contributed by atoms with Gasteiger partial charge in [0.1, 0.15) is 11.8 Å². The third kappa shape index (κ3) is 7.53. The maximum absolute atomic E-state index is 13.4. The van der Waals surface area contributed by atoms with Crippen molar-refractivity contribution in [3.8, 4) is 5.75 Å². The van der Waals surface area contributed by atoms with Crippen LogP contribution >= 0.6 is 11.8 Å². The number of aryl methyl sites for hydroxylation is 1. The fourth-order valence-corrected chi connectivity index (χ4v) is 5.11. The molecule has 0 saturated heterocycles. The van der Waals surface area contributed by atoms with E-state index < -0.39 is 6.04 Å². The predicted molar refractivity (Wildman–Crippen MR) is 135 cm³/mol. The average Bonchev–Trinajstić information content (AvgIpc) is 3.33. The molecule has 1 atom stereocenters. The molecular weight excluding hydrogens is 432 g/mol. The molecule has 2 aromatic carbocycles. The summed E-state index contributed by atoms with van der Waals surface area (Å²) in [6, 6.07) is 15.9. The van der Waals surface area contributed by atoms with Crippen molar-refractivity contribution < 1.29 is 14.3 Å². The van der Waals surface area contributed by atoms with Crippen molar-refractivity contribution in [2.24, 2.45) is 0 Å². The van der Waals surface area contributed by atoms with Crippen LogP contribution in [0.2, 0.25) is 0 Å². The molecule has 1 aliphatic rings. The number of ether oxygens (including phenoxy) is 1. The van der Waals surface area contributed by atoms with E-state index in [1.54, 1.807) is 23.8 Å². The number of carbonyl (C=O) groups excluding carboxylic acids is 2. The summed E-state index contributed by atoms with van der Waals surface area (Å²) in [5.41, 5.74) is 3.36. The van der Waals surface area contributed by atoms with Gasteiger partial charge in [0.05, 0.1) is 12.9 Å². The number of nitrogens with one attached hydrogen (secondary N) is 1. The normalized spacial score (nSPS) is 14.6. The molecule has 0 unspecified atom stereocenters. The van der Waals surface area contributed by atoms with Crippen LogP contribution in [-0.4, -0.2) is 41.7 Å². The second kappa shape index (κ2) is 12.7. The van der Waals surface area contributed by atoms with Gasteiger partial charge < -0.3 is 15.0 Å². The van der Waals surface area contributed by atoms with Crippen molar-refractivity contribution in [1.29, 1.82) is 0 Å². The molecule has 0 aromatic heterocycles. The minimum absolute atomic E-state index is 0.00232. The average molecular weight is 469 g/mol. The van der Waals surface area contributed by atoms with Crippen LogP contribution in [-0.2, 0) is 21.9 Å². The third-order valence-electron chi connectivity index (χ3n) is 6.21. The SMILES string of the molecule is CC[C@H](C(=O)NC1CCCC1)N(Cc1ccc(C)cc1)C(=O)CSCc1ccc(OC)cc1. The topological polar surface area (TPSA) is 58.6 Å². The van der Waals surface area contributed by atoms with Crippen molar-refractivity contribution in [3.63, 3.8) is 0 Å². The Morgan fingerprint density at radius 1 is 1.06 bits per heavy atom. The van der Waals surface area contributed by atoms with Gasteiger partial charge in [0.2, 0.25) is 11.8 Å². The zero-order valence-electron chi connectivity index (χ0n) is 20.0. The van der Waals surface area contributed by atoms with Crippen molar-refractivity contribution in [3.05, 3.63) is 65.2 Å². The third-order valence-corrected chi connectivity index (χ3v) is 7.20. The molecule has 33 heavy (non-hydrogen) atoms. The molecule has 3 rings (SSSR count). The van der Waals surface area contributed by atoms with Crippen LogP contribution < -0.4 is 10.1 Å². The molecule has 1 N–H and O–H groups in total. The summed E-state index contributed by atoms with van der Waals surface area (Å²) in [6.07, 6.45) is 4.99. The first kappa shape index (κ1) is 25.2. The van der Waals surface area contributed by atoms with Crippen molar-refractivity contribution >= 4 is 23.6 Å². The van der Waals surface area contributed by atoms with Gasteiger partial charge in [0, 0.05) is 18.3 Å². The Morgan fingerprint density at radius 3 is 2.30 bits per heavy atom. The maximum atomic E-state index is 13.4. The molecular formula is C27H36N2O3S. The van der Waals surface area contributed by atoms with E-state index in [-0.39, 0.29) is 17.9 Å². The number of nitrogens with zero attached hydrogens (tertiary/aromatic N) is 1. The van der Waals surface area contributed by atoms with Gasteiger partial charge in [-0.3, -0.25) is 9.59 Å². The Labute approximate surface area is 202 Å². The molecule has 1 fully saturated rings. The number of thioether (sulfide) groups is 1. The Kier molecular flexibility index (Phi) is 9.67. The fraction of sp³-hybridized carbons (Fsp3) is 0.481. The van der Waals surface area contributed by atoms with E-state index >= 15 is 0 Å². The summed E-state index contributed by atoms with van der Waals surface area (Å²) in [7, 11) is 1.65. The van der Waals surface area contributed by atoms with Gasteiger partial charge in [-0.25, -0.2) is 0 Å². The largest absolute Gasteiger partial charge is 0.497 e. The molecule has 0 bridgehead atoms. The lowest BCUT2D eigenvalue weighted by Gasteiger charge is -2.31. The molecule has 1 saturated carbocycles. The maximum Gasteiger partial charge on any atom is 0.243 e. The summed E-state index contributed by atoms with van der Waals surface area (Å²) in [6.45, 7) is 4.48. The minimum atomic E-state index is -0.457. The number of hydrogen-bond donors (Lipinski definition) is 1. The van der Waals surface area contributed by atoms with Gasteiger partial charge in [-0.15, -0.1) is 11.8 Å². The van der Waals surface area contributed by atoms with E-state index in [0.29, 0.717) is 18.7 Å². The van der Waals surface area contributed by atoms with Crippen LogP contribution in [0.25, 0.3) is 0 Å². The number of carbonyl (C=O) groups is 2. The number of hydrogen-bond acceptors (Lipinski definition) is 4. The van der Waals surface area contributed by atoms with Crippen molar-refractivity contribution in [1.82, 2.24) is 10.2 Å². The van der Waals surface area contributed by atoms with Crippen molar-refractivity contribution in [2.45, 2.75) is 70.3 Å². The van der Waals surface area contributed by atoms with Gasteiger partial charge in [0.15, 0.2) is 0 Å². The zero-order valence-corrected chi connectivity index (χ0v) is 20.8. The van der Waals surface area contributed by atoms with Crippen LogP contribution in [0, 0.1) is 6.92 Å². The quantitative estimate of drug-likeness (QED) is 0.498. The van der Waals surface area contributed by atoms with Gasteiger partial charge in [-0.2, -0.15) is 0 Å². The van der Waals surface area contributed by atoms with Crippen LogP contribution in [0.5, 0.6) is 5.75 Å². The van der Waals surface area contributed by atoms with E-state index in [9.17, 15) is 9.59 Å². The summed E-state index contributed by atoms with van der Waals surface area (Å²) in [5, 5.41) is 3.20. The standard InChI is InChI=1S/C27H36N2O3S/c1-4-25(27(31)28-23-7-5-6-8-23)29(17-21-11-9-20(2)10-12-21)26(30)19-33-18-22-13-15-24(32-3)16-14-22/h9-16,23,25H,4-8,17-19H2,1-3H3,(H,28,31)/t25-/m1/s1. The molecule has 0 radical (unpaired) electrons. The van der Waals surface area contributed by atoms with Gasteiger partial charge in [-0.05, 0) is 49.4 Å². The number of amides is 2. The summed E-state index contributed by atoms with van der Waals surface area (Å²) < 4.78 is 5.21. The first-order chi connectivity index (χ1) is 16.0. The van der Waals surface area contributed by atoms with Crippen molar-refractivity contribution in [2.75, 3.05) is 12.9 Å². The second-order valence-electron chi connectivity index (χ2n) is 8.76. The predicted octanol–water partition coefficient (Wildman–Crippen LogP) is 5.10. The Bertz CT molecular complexity index is 893. The first-order valence-corrected chi connectivity index (χ1v) is 13.0. The highest BCUT2D eigenvalue weighted by Crippen LogP contribution is 2.21. The lowest BCUT2D eigenvalue weighted by molar-refractivity contribution is -0.139. The summed E-state index contributed by atoms with van der Waals surface area (Å²) in [5.74, 6) is 1.88. The molecule has 178 valence electrons. The van der Waals surface area contributed by atoms with E-state index in [1.807, 2.05) is 50.2 Å². The molecule has 0 aliphatic heterocycles. The Balaban J connectivity index is 1.67. The van der Waals surface area contributed by atoms with E-state index in [0.717, 1.165) is 48.3 Å². The lowest BCUT2D eigenvalue weighted by Crippen LogP contribution is -2.51. The summed E-state index contributed by atoms with van der Waals surface area (Å²) in [4.78, 5) is 28.3. The molecule has 1 aliphatic carbocycles. The highest BCUT2D eigenvalue weighted by atomic mass is 32.2. The first-order valence-electron chi connectivity index (χ1n) is 11.9. The van der Waals surface area contributed by atoms with E-state index in [2.05, 4.69) is 17.4 Å². The van der Waals surface area contributed by atoms with E-state index in [4.69, 9.17) is 4.74 Å². The Hall–Kier alpha value is -2.47. The summed E-state index contributed by atoms with van der Waals surface area (Å²) >= 11 is 1.58. The molecule has 6 heteroatoms. The number of rotatable bonds is 11. The zero-order chi connectivity index (χ0) is 23.6. The minimum Gasteiger partial charge on any atom is -0.497 e. The second-order valence-corrected chi connectivity index (χ2v) is 9.75. The molecule has 2 amide bonds. The smallest absolute Gasteiger partial charge is 0.243 e. The van der Waals surface area contributed by atoms with Crippen LogP contribution in [0.4, 0.5) is 0 Å². The van der Waals surface area contributed by atoms with E-state index in [1.165, 1.54) is 5.56 Å². The molecule has 0 spiro atoms. The van der Waals surface area contributed by atoms with Crippen LogP contribution in [0.3, 0.4) is 0 Å². The van der Waals surface area contributed by atoms with Crippen LogP contribution in [0.1, 0.15) is 55.7 Å². The fourth-order valence-electron chi connectivity index (χ4n) is 4.24. The number of methoxy groups -OCH3 is 1. The van der Waals surface area contributed by atoms with Gasteiger partial charge in [-0.1, -0.05) is 61.7 Å². The molecule has 2 aromatic rings. The molecule has 5 nitrogen and oxygen atoms in total. The number of benzene rings is 2. The monoisotopic (exact) mass is 468 g/mol.